The van der Waals surface area contributed by atoms with Crippen molar-refractivity contribution in [3.63, 3.8) is 0 Å². The first kappa shape index (κ1) is 19.2. The van der Waals surface area contributed by atoms with Gasteiger partial charge in [-0.25, -0.2) is 4.98 Å². The van der Waals surface area contributed by atoms with E-state index >= 15 is 0 Å². The minimum atomic E-state index is -0.276. The van der Waals surface area contributed by atoms with E-state index in [1.54, 1.807) is 0 Å². The van der Waals surface area contributed by atoms with E-state index < -0.39 is 0 Å². The van der Waals surface area contributed by atoms with Crippen LogP contribution in [0, 0.1) is 6.92 Å². The summed E-state index contributed by atoms with van der Waals surface area (Å²) in [5, 5.41) is 10.4. The largest absolute Gasteiger partial charge is 0.351 e. The minimum absolute atomic E-state index is 0.0285. The summed E-state index contributed by atoms with van der Waals surface area (Å²) in [6, 6.07) is 16.4. The van der Waals surface area contributed by atoms with Crippen molar-refractivity contribution in [1.82, 2.24) is 20.5 Å². The number of aryl methyl sites for hydroxylation is 2. The molecule has 0 saturated carbocycles. The second-order valence-corrected chi connectivity index (χ2v) is 7.79. The van der Waals surface area contributed by atoms with E-state index in [0.717, 1.165) is 17.5 Å². The Morgan fingerprint density at radius 3 is 2.44 bits per heavy atom. The second kappa shape index (κ2) is 8.86. The highest BCUT2D eigenvalue weighted by molar-refractivity contribution is 8.00. The van der Waals surface area contributed by atoms with Gasteiger partial charge in [0.25, 0.3) is 0 Å². The Labute approximate surface area is 164 Å². The summed E-state index contributed by atoms with van der Waals surface area (Å²) < 4.78 is 0. The standard InChI is InChI=1S/C21H24N4OS/c1-4-16-9-11-18(12-10-16)19-23-21(25-24-19)27-15(3)20(26)22-13-17-7-5-14(2)6-8-17/h5-12,15H,4,13H2,1-3H3,(H,22,26)(H,23,24,25). The third kappa shape index (κ3) is 5.20. The zero-order chi connectivity index (χ0) is 19.2. The van der Waals surface area contributed by atoms with Crippen LogP contribution in [0.1, 0.15) is 30.5 Å². The third-order valence-electron chi connectivity index (χ3n) is 4.34. The first-order valence-electron chi connectivity index (χ1n) is 9.06. The van der Waals surface area contributed by atoms with Crippen LogP contribution >= 0.6 is 11.8 Å². The van der Waals surface area contributed by atoms with E-state index in [1.165, 1.54) is 22.9 Å². The maximum absolute atomic E-state index is 12.3. The number of carbonyl (C=O) groups is 1. The number of hydrogen-bond acceptors (Lipinski definition) is 4. The number of nitrogens with one attached hydrogen (secondary N) is 2. The van der Waals surface area contributed by atoms with Crippen molar-refractivity contribution < 1.29 is 4.79 Å². The van der Waals surface area contributed by atoms with E-state index in [0.29, 0.717) is 17.5 Å². The Hall–Kier alpha value is -2.60. The Morgan fingerprint density at radius 2 is 1.78 bits per heavy atom. The van der Waals surface area contributed by atoms with Crippen LogP contribution in [-0.2, 0) is 17.8 Å². The molecule has 27 heavy (non-hydrogen) atoms. The summed E-state index contributed by atoms with van der Waals surface area (Å²) in [6.45, 7) is 6.56. The molecule has 6 heteroatoms. The van der Waals surface area contributed by atoms with E-state index in [4.69, 9.17) is 0 Å². The van der Waals surface area contributed by atoms with Gasteiger partial charge in [-0.05, 0) is 31.4 Å². The van der Waals surface area contributed by atoms with Crippen LogP contribution in [0.5, 0.6) is 0 Å². The number of rotatable bonds is 7. The van der Waals surface area contributed by atoms with Gasteiger partial charge in [-0.15, -0.1) is 5.10 Å². The van der Waals surface area contributed by atoms with Gasteiger partial charge < -0.3 is 5.32 Å². The van der Waals surface area contributed by atoms with Gasteiger partial charge in [0.1, 0.15) is 0 Å². The number of amides is 1. The molecule has 1 unspecified atom stereocenters. The summed E-state index contributed by atoms with van der Waals surface area (Å²) in [5.41, 5.74) is 4.57. The van der Waals surface area contributed by atoms with Gasteiger partial charge in [-0.3, -0.25) is 9.89 Å². The van der Waals surface area contributed by atoms with Gasteiger partial charge in [0.15, 0.2) is 5.82 Å². The SMILES string of the molecule is CCc1ccc(-c2nc(SC(C)C(=O)NCc3ccc(C)cc3)n[nH]2)cc1. The molecule has 2 N–H and O–H groups in total. The van der Waals surface area contributed by atoms with Crippen molar-refractivity contribution in [2.24, 2.45) is 0 Å². The maximum atomic E-state index is 12.3. The number of aromatic amines is 1. The lowest BCUT2D eigenvalue weighted by Gasteiger charge is -2.10. The van der Waals surface area contributed by atoms with Crippen molar-refractivity contribution in [1.29, 1.82) is 0 Å². The highest BCUT2D eigenvalue weighted by Gasteiger charge is 2.17. The average Bonchev–Trinajstić information content (AvgIpc) is 3.15. The topological polar surface area (TPSA) is 70.7 Å². The lowest BCUT2D eigenvalue weighted by atomic mass is 10.1. The van der Waals surface area contributed by atoms with E-state index in [2.05, 4.69) is 39.6 Å². The van der Waals surface area contributed by atoms with E-state index in [9.17, 15) is 4.79 Å². The fourth-order valence-electron chi connectivity index (χ4n) is 2.58. The normalized spacial score (nSPS) is 12.0. The monoisotopic (exact) mass is 380 g/mol. The molecule has 1 aromatic heterocycles. The summed E-state index contributed by atoms with van der Waals surface area (Å²) in [7, 11) is 0. The van der Waals surface area contributed by atoms with Crippen LogP contribution in [0.4, 0.5) is 0 Å². The van der Waals surface area contributed by atoms with Gasteiger partial charge in [0, 0.05) is 12.1 Å². The number of H-pyrrole nitrogens is 1. The Kier molecular flexibility index (Phi) is 6.29. The van der Waals surface area contributed by atoms with Gasteiger partial charge in [0.05, 0.1) is 5.25 Å². The molecule has 0 fully saturated rings. The second-order valence-electron chi connectivity index (χ2n) is 6.48. The first-order chi connectivity index (χ1) is 13.0. The molecule has 0 saturated heterocycles. The first-order valence-corrected chi connectivity index (χ1v) is 9.94. The lowest BCUT2D eigenvalue weighted by molar-refractivity contribution is -0.120. The van der Waals surface area contributed by atoms with E-state index in [-0.39, 0.29) is 11.2 Å². The molecule has 1 atom stereocenters. The number of aromatic nitrogens is 3. The molecule has 0 radical (unpaired) electrons. The minimum Gasteiger partial charge on any atom is -0.351 e. The quantitative estimate of drug-likeness (QED) is 0.604. The van der Waals surface area contributed by atoms with Crippen LogP contribution in [0.3, 0.4) is 0 Å². The zero-order valence-corrected chi connectivity index (χ0v) is 16.6. The van der Waals surface area contributed by atoms with Crippen LogP contribution < -0.4 is 5.32 Å². The number of hydrogen-bond donors (Lipinski definition) is 2. The lowest BCUT2D eigenvalue weighted by Crippen LogP contribution is -2.30. The van der Waals surface area contributed by atoms with Gasteiger partial charge in [-0.1, -0.05) is 72.8 Å². The number of carbonyl (C=O) groups excluding carboxylic acids is 1. The van der Waals surface area contributed by atoms with Crippen LogP contribution in [0.15, 0.2) is 53.7 Å². The summed E-state index contributed by atoms with van der Waals surface area (Å²) >= 11 is 1.35. The summed E-state index contributed by atoms with van der Waals surface area (Å²) in [6.07, 6.45) is 1.01. The number of nitrogens with zero attached hydrogens (tertiary/aromatic N) is 2. The van der Waals surface area contributed by atoms with Crippen LogP contribution in [0.2, 0.25) is 0 Å². The molecule has 140 valence electrons. The molecule has 0 aliphatic heterocycles. The molecular formula is C21H24N4OS. The number of benzene rings is 2. The molecule has 1 heterocycles. The Bertz CT molecular complexity index is 887. The highest BCUT2D eigenvalue weighted by atomic mass is 32.2. The summed E-state index contributed by atoms with van der Waals surface area (Å²) in [4.78, 5) is 16.8. The van der Waals surface area contributed by atoms with Crippen molar-refractivity contribution in [3.8, 4) is 11.4 Å². The Balaban J connectivity index is 1.55. The predicted octanol–water partition coefficient (Wildman–Crippen LogP) is 4.14. The fourth-order valence-corrected chi connectivity index (χ4v) is 3.33. The Morgan fingerprint density at radius 1 is 1.11 bits per heavy atom. The third-order valence-corrected chi connectivity index (χ3v) is 5.30. The molecule has 0 spiro atoms. The van der Waals surface area contributed by atoms with Crippen LogP contribution in [0.25, 0.3) is 11.4 Å². The molecule has 1 amide bonds. The maximum Gasteiger partial charge on any atom is 0.233 e. The van der Waals surface area contributed by atoms with Gasteiger partial charge >= 0.3 is 0 Å². The fraction of sp³-hybridized carbons (Fsp3) is 0.286. The molecule has 0 bridgehead atoms. The smallest absolute Gasteiger partial charge is 0.233 e. The summed E-state index contributed by atoms with van der Waals surface area (Å²) in [5.74, 6) is 0.687. The molecular weight excluding hydrogens is 356 g/mol. The van der Waals surface area contributed by atoms with Crippen LogP contribution in [-0.4, -0.2) is 26.3 Å². The molecule has 5 nitrogen and oxygen atoms in total. The molecule has 0 aliphatic carbocycles. The molecule has 3 aromatic rings. The predicted molar refractivity (Wildman–Crippen MR) is 110 cm³/mol. The molecule has 3 rings (SSSR count). The van der Waals surface area contributed by atoms with Gasteiger partial charge in [-0.2, -0.15) is 0 Å². The van der Waals surface area contributed by atoms with Crippen molar-refractivity contribution in [2.75, 3.05) is 0 Å². The molecule has 0 aliphatic rings. The van der Waals surface area contributed by atoms with Crippen molar-refractivity contribution in [2.45, 2.75) is 44.1 Å². The zero-order valence-electron chi connectivity index (χ0n) is 15.8. The highest BCUT2D eigenvalue weighted by Crippen LogP contribution is 2.23. The average molecular weight is 381 g/mol. The van der Waals surface area contributed by atoms with E-state index in [1.807, 2.05) is 50.2 Å². The van der Waals surface area contributed by atoms with Crippen molar-refractivity contribution in [3.05, 3.63) is 65.2 Å². The number of thioether (sulfide) groups is 1. The van der Waals surface area contributed by atoms with Gasteiger partial charge in [0.2, 0.25) is 11.1 Å². The molecule has 2 aromatic carbocycles. The van der Waals surface area contributed by atoms with Crippen molar-refractivity contribution >= 4 is 17.7 Å².